The minimum absolute atomic E-state index is 0.466. The van der Waals surface area contributed by atoms with E-state index in [0.717, 1.165) is 29.0 Å². The predicted molar refractivity (Wildman–Crippen MR) is 230 cm³/mol. The lowest BCUT2D eigenvalue weighted by molar-refractivity contribution is -0.605. The highest BCUT2D eigenvalue weighted by atomic mass is 15.1. The first-order valence-corrected chi connectivity index (χ1v) is 19.8. The van der Waals surface area contributed by atoms with Crippen LogP contribution >= 0.6 is 0 Å². The molecule has 0 saturated carbocycles. The third-order valence-corrected chi connectivity index (χ3v) is 12.5. The zero-order chi connectivity index (χ0) is 37.5. The second-order valence-electron chi connectivity index (χ2n) is 15.3. The van der Waals surface area contributed by atoms with E-state index in [1.165, 1.54) is 78.1 Å². The summed E-state index contributed by atoms with van der Waals surface area (Å²) in [5.41, 5.74) is 20.5. The summed E-state index contributed by atoms with van der Waals surface area (Å²) in [6, 6.07) is 62.3. The molecular weight excluding hydrogens is 695 g/mol. The number of allylic oxidation sites excluding steroid dienone is 1. The van der Waals surface area contributed by atoms with Crippen LogP contribution in [0.4, 0.5) is 0 Å². The number of hydrogen-bond acceptors (Lipinski definition) is 2. The fraction of sp³-hybridized carbons (Fsp3) is 0.0577. The third-order valence-electron chi connectivity index (χ3n) is 12.5. The van der Waals surface area contributed by atoms with Crippen molar-refractivity contribution in [1.82, 2.24) is 19.4 Å². The summed E-state index contributed by atoms with van der Waals surface area (Å²) in [5, 5.41) is 7.57. The van der Waals surface area contributed by atoms with Crippen LogP contribution in [0.5, 0.6) is 0 Å². The van der Waals surface area contributed by atoms with Gasteiger partial charge in [0.2, 0.25) is 0 Å². The fourth-order valence-corrected chi connectivity index (χ4v) is 10.1. The van der Waals surface area contributed by atoms with E-state index in [1.807, 2.05) is 12.3 Å². The number of quaternary nitrogens is 1. The lowest BCUT2D eigenvalue weighted by Gasteiger charge is -2.37. The number of nitrogens with one attached hydrogen (secondary N) is 1. The van der Waals surface area contributed by atoms with Crippen LogP contribution in [0.15, 0.2) is 188 Å². The van der Waals surface area contributed by atoms with Crippen LogP contribution in [0.1, 0.15) is 44.8 Å². The van der Waals surface area contributed by atoms with Gasteiger partial charge in [-0.3, -0.25) is 4.98 Å². The largest absolute Gasteiger partial charge is 0.381 e. The molecular formula is C52H38N5+. The maximum absolute atomic E-state index is 4.74. The number of hydrogen-bond donors (Lipinski definition) is 2. The summed E-state index contributed by atoms with van der Waals surface area (Å²) in [4.78, 5) is 4.74. The molecule has 12 rings (SSSR count). The Labute approximate surface area is 330 Å². The first kappa shape index (κ1) is 32.1. The Morgan fingerprint density at radius 1 is 0.579 bits per heavy atom. The molecule has 0 fully saturated rings. The standard InChI is InChI=1S/C52H37N5/c1-3-12-36(13-4-1)52(37-14-5-2-6-15-37)43-18-9-7-16-40(43)49-48-41-17-8-10-19-44(41)56(47(48)33-55-51(49)52)38-25-21-34(22-26-38)35-23-27-39(28-24-35)57-45-20-11-30-54-50(45)42-29-31-53-32-46(42)57/h1-31,53,55H,32-33H2/p+1. The van der Waals surface area contributed by atoms with E-state index in [4.69, 9.17) is 4.98 Å². The van der Waals surface area contributed by atoms with Crippen molar-refractivity contribution in [3.8, 4) is 22.5 Å². The van der Waals surface area contributed by atoms with Crippen LogP contribution in [-0.4, -0.2) is 14.1 Å². The van der Waals surface area contributed by atoms with Crippen molar-refractivity contribution in [2.45, 2.75) is 18.5 Å². The molecule has 9 aromatic rings. The van der Waals surface area contributed by atoms with Crippen molar-refractivity contribution in [3.05, 3.63) is 233 Å². The van der Waals surface area contributed by atoms with E-state index < -0.39 is 5.41 Å². The second kappa shape index (κ2) is 12.4. The maximum atomic E-state index is 4.74. The van der Waals surface area contributed by atoms with Gasteiger partial charge in [-0.15, -0.1) is 0 Å². The lowest BCUT2D eigenvalue weighted by Crippen LogP contribution is -2.77. The van der Waals surface area contributed by atoms with Crippen LogP contribution in [0.2, 0.25) is 0 Å². The van der Waals surface area contributed by atoms with Crippen LogP contribution < -0.4 is 10.6 Å². The number of rotatable bonds is 5. The Bertz CT molecular complexity index is 3050. The van der Waals surface area contributed by atoms with E-state index in [0.29, 0.717) is 6.54 Å². The van der Waals surface area contributed by atoms with Gasteiger partial charge >= 0.3 is 0 Å². The Kier molecular flexibility index (Phi) is 6.98. The van der Waals surface area contributed by atoms with Crippen LogP contribution in [0.3, 0.4) is 0 Å². The van der Waals surface area contributed by atoms with Gasteiger partial charge in [0.1, 0.15) is 6.54 Å². The molecule has 57 heavy (non-hydrogen) atoms. The number of aromatic nitrogens is 3. The van der Waals surface area contributed by atoms with Gasteiger partial charge in [0.25, 0.3) is 0 Å². The molecule has 0 unspecified atom stereocenters. The van der Waals surface area contributed by atoms with Crippen molar-refractivity contribution in [3.63, 3.8) is 0 Å². The molecule has 6 aromatic carbocycles. The predicted octanol–water partition coefficient (Wildman–Crippen LogP) is 9.89. The molecule has 3 aliphatic rings. The molecule has 1 aliphatic carbocycles. The SMILES string of the molecule is C1=Cc2c(n(-c3ccc(-c4ccc(-n5c6c(c7ccccc75)C5=C(NC6)C(c6ccccc6)(c6ccccc6)c6ccccc65)cc4)cc3)c3cccnc23)C[NH2+]1. The number of fused-ring (bicyclic) bond motifs is 9. The molecule has 5 heterocycles. The second-order valence-corrected chi connectivity index (χ2v) is 15.3. The van der Waals surface area contributed by atoms with E-state index in [2.05, 4.69) is 196 Å². The number of benzene rings is 6. The highest BCUT2D eigenvalue weighted by molar-refractivity contribution is 6.05. The van der Waals surface area contributed by atoms with Gasteiger partial charge in [-0.2, -0.15) is 0 Å². The van der Waals surface area contributed by atoms with Gasteiger partial charge in [-0.25, -0.2) is 0 Å². The molecule has 2 aliphatic heterocycles. The smallest absolute Gasteiger partial charge is 0.122 e. The Balaban J connectivity index is 0.978. The Hall–Kier alpha value is -7.21. The van der Waals surface area contributed by atoms with E-state index in [9.17, 15) is 0 Å². The monoisotopic (exact) mass is 732 g/mol. The van der Waals surface area contributed by atoms with Gasteiger partial charge in [0.15, 0.2) is 0 Å². The molecule has 0 radical (unpaired) electrons. The van der Waals surface area contributed by atoms with Gasteiger partial charge in [-0.05, 0) is 75.8 Å². The van der Waals surface area contributed by atoms with Gasteiger partial charge in [0, 0.05) is 51.4 Å². The summed E-state index contributed by atoms with van der Waals surface area (Å²) in [6.07, 6.45) is 6.22. The minimum Gasteiger partial charge on any atom is -0.381 e. The zero-order valence-electron chi connectivity index (χ0n) is 31.2. The normalized spacial score (nSPS) is 14.9. The summed E-state index contributed by atoms with van der Waals surface area (Å²) >= 11 is 0. The molecule has 3 aromatic heterocycles. The first-order valence-electron chi connectivity index (χ1n) is 19.8. The molecule has 0 atom stereocenters. The minimum atomic E-state index is -0.466. The fourth-order valence-electron chi connectivity index (χ4n) is 10.1. The number of nitrogens with zero attached hydrogens (tertiary/aromatic N) is 3. The summed E-state index contributed by atoms with van der Waals surface area (Å²) in [5.74, 6) is 0. The van der Waals surface area contributed by atoms with Crippen molar-refractivity contribution >= 4 is 33.6 Å². The van der Waals surface area contributed by atoms with E-state index in [-0.39, 0.29) is 0 Å². The quantitative estimate of drug-likeness (QED) is 0.185. The topological polar surface area (TPSA) is 51.4 Å². The lowest BCUT2D eigenvalue weighted by atomic mass is 9.69. The zero-order valence-corrected chi connectivity index (χ0v) is 31.2. The average Bonchev–Trinajstić information content (AvgIpc) is 3.92. The number of nitrogens with two attached hydrogens (primary N) is 1. The molecule has 3 N–H and O–H groups in total. The van der Waals surface area contributed by atoms with Gasteiger partial charge in [-0.1, -0.05) is 127 Å². The van der Waals surface area contributed by atoms with Crippen LogP contribution in [0.25, 0.3) is 56.1 Å². The van der Waals surface area contributed by atoms with Crippen molar-refractivity contribution < 1.29 is 5.32 Å². The van der Waals surface area contributed by atoms with Crippen molar-refractivity contribution in [1.29, 1.82) is 0 Å². The van der Waals surface area contributed by atoms with Gasteiger partial charge < -0.3 is 19.8 Å². The first-order chi connectivity index (χ1) is 28.3. The maximum Gasteiger partial charge on any atom is 0.122 e. The summed E-state index contributed by atoms with van der Waals surface area (Å²) in [6.45, 7) is 1.60. The Morgan fingerprint density at radius 2 is 1.19 bits per heavy atom. The van der Waals surface area contributed by atoms with Crippen molar-refractivity contribution in [2.24, 2.45) is 0 Å². The van der Waals surface area contributed by atoms with Crippen LogP contribution in [0, 0.1) is 0 Å². The highest BCUT2D eigenvalue weighted by Gasteiger charge is 2.50. The number of pyridine rings is 1. The molecule has 270 valence electrons. The third kappa shape index (κ3) is 4.52. The Morgan fingerprint density at radius 3 is 1.91 bits per heavy atom. The van der Waals surface area contributed by atoms with E-state index >= 15 is 0 Å². The van der Waals surface area contributed by atoms with Crippen LogP contribution in [-0.2, 0) is 18.5 Å². The molecule has 5 nitrogen and oxygen atoms in total. The van der Waals surface area contributed by atoms with Gasteiger partial charge in [0.05, 0.1) is 46.1 Å². The molecule has 0 amide bonds. The molecule has 0 saturated heterocycles. The molecule has 5 heteroatoms. The summed E-state index contributed by atoms with van der Waals surface area (Å²) in [7, 11) is 0. The highest BCUT2D eigenvalue weighted by Crippen LogP contribution is 2.57. The average molecular weight is 733 g/mol. The molecule has 0 spiro atoms. The number of para-hydroxylation sites is 1. The van der Waals surface area contributed by atoms with E-state index in [1.54, 1.807) is 0 Å². The van der Waals surface area contributed by atoms with Crippen molar-refractivity contribution in [2.75, 3.05) is 0 Å². The molecule has 0 bridgehead atoms. The summed E-state index contributed by atoms with van der Waals surface area (Å²) < 4.78 is 4.84.